The highest BCUT2D eigenvalue weighted by molar-refractivity contribution is 6.03. The smallest absolute Gasteiger partial charge is 0.176 e. The molecule has 1 aromatic heterocycles. The van der Waals surface area contributed by atoms with E-state index < -0.39 is 0 Å². The summed E-state index contributed by atoms with van der Waals surface area (Å²) in [7, 11) is 0. The van der Waals surface area contributed by atoms with Crippen LogP contribution in [0.1, 0.15) is 41.9 Å². The number of benzene rings is 1. The van der Waals surface area contributed by atoms with Gasteiger partial charge in [0, 0.05) is 18.4 Å². The number of hydrogen-bond donors (Lipinski definition) is 1. The van der Waals surface area contributed by atoms with Crippen LogP contribution in [0, 0.1) is 6.92 Å². The third kappa shape index (κ3) is 1.38. The normalized spacial score (nSPS) is 15.4. The molecule has 1 N–H and O–H groups in total. The van der Waals surface area contributed by atoms with Crippen molar-refractivity contribution in [2.75, 3.05) is 0 Å². The minimum absolute atomic E-state index is 0.0741. The van der Waals surface area contributed by atoms with Crippen LogP contribution in [0.4, 0.5) is 0 Å². The Morgan fingerprint density at radius 3 is 2.71 bits per heavy atom. The third-order valence-electron chi connectivity index (χ3n) is 3.50. The number of phenols is 1. The number of ketones is 1. The van der Waals surface area contributed by atoms with Crippen LogP contribution in [0.25, 0.3) is 10.9 Å². The largest absolute Gasteiger partial charge is 0.507 e. The van der Waals surface area contributed by atoms with Crippen molar-refractivity contribution in [3.05, 3.63) is 29.5 Å². The van der Waals surface area contributed by atoms with Gasteiger partial charge in [0.25, 0.3) is 0 Å². The van der Waals surface area contributed by atoms with Gasteiger partial charge in [-0.05, 0) is 37.5 Å². The fourth-order valence-electron chi connectivity index (χ4n) is 2.68. The summed E-state index contributed by atoms with van der Waals surface area (Å²) in [5.74, 6) is 0.340. The molecule has 0 spiro atoms. The van der Waals surface area contributed by atoms with E-state index in [0.717, 1.165) is 35.0 Å². The van der Waals surface area contributed by atoms with Crippen molar-refractivity contribution in [2.24, 2.45) is 0 Å². The van der Waals surface area contributed by atoms with Crippen molar-refractivity contribution in [2.45, 2.75) is 32.7 Å². The van der Waals surface area contributed by atoms with E-state index in [1.165, 1.54) is 0 Å². The fraction of sp³-hybridized carbons (Fsp3) is 0.357. The summed E-state index contributed by atoms with van der Waals surface area (Å²) in [6.07, 6.45) is 2.25. The van der Waals surface area contributed by atoms with Crippen molar-refractivity contribution >= 4 is 16.7 Å². The van der Waals surface area contributed by atoms with Gasteiger partial charge in [0.05, 0.1) is 11.2 Å². The van der Waals surface area contributed by atoms with Crippen LogP contribution >= 0.6 is 0 Å². The zero-order valence-corrected chi connectivity index (χ0v) is 10.0. The van der Waals surface area contributed by atoms with Crippen molar-refractivity contribution in [1.82, 2.24) is 4.57 Å². The Bertz CT molecular complexity index is 621. The molecule has 0 amide bonds. The van der Waals surface area contributed by atoms with Crippen LogP contribution < -0.4 is 0 Å². The van der Waals surface area contributed by atoms with Crippen molar-refractivity contribution in [3.8, 4) is 5.75 Å². The van der Waals surface area contributed by atoms with Gasteiger partial charge < -0.3 is 9.67 Å². The lowest BCUT2D eigenvalue weighted by Crippen LogP contribution is -2.05. The molecule has 1 saturated carbocycles. The Kier molecular flexibility index (Phi) is 2.05. The summed E-state index contributed by atoms with van der Waals surface area (Å²) in [6.45, 7) is 3.51. The van der Waals surface area contributed by atoms with E-state index in [9.17, 15) is 9.90 Å². The van der Waals surface area contributed by atoms with Crippen LogP contribution in [0.2, 0.25) is 0 Å². The summed E-state index contributed by atoms with van der Waals surface area (Å²) in [6, 6.07) is 5.93. The SMILES string of the molecule is CC(=O)c1c(C)c2c(O)cccc2n1C1CC1. The molecule has 1 fully saturated rings. The molecule has 3 nitrogen and oxygen atoms in total. The quantitative estimate of drug-likeness (QED) is 0.803. The topological polar surface area (TPSA) is 42.2 Å². The molecular formula is C14H15NO2. The van der Waals surface area contributed by atoms with Gasteiger partial charge in [-0.3, -0.25) is 4.79 Å². The maximum atomic E-state index is 11.8. The van der Waals surface area contributed by atoms with Gasteiger partial charge in [-0.1, -0.05) is 6.07 Å². The highest BCUT2D eigenvalue weighted by Gasteiger charge is 2.30. The van der Waals surface area contributed by atoms with E-state index in [-0.39, 0.29) is 11.5 Å². The standard InChI is InChI=1S/C14H15NO2/c1-8-13-11(4-3-5-12(13)17)15(10-6-7-10)14(8)9(2)16/h3-5,10,17H,6-7H2,1-2H3. The number of Topliss-reactive ketones (excluding diaryl/α,β-unsaturated/α-hetero) is 1. The number of carbonyl (C=O) groups is 1. The molecule has 3 rings (SSSR count). The molecule has 17 heavy (non-hydrogen) atoms. The molecule has 0 unspecified atom stereocenters. The van der Waals surface area contributed by atoms with Crippen LogP contribution in [0.15, 0.2) is 18.2 Å². The highest BCUT2D eigenvalue weighted by Crippen LogP contribution is 2.43. The van der Waals surface area contributed by atoms with Gasteiger partial charge in [-0.25, -0.2) is 0 Å². The molecular weight excluding hydrogens is 214 g/mol. The predicted molar refractivity (Wildman–Crippen MR) is 66.6 cm³/mol. The van der Waals surface area contributed by atoms with Gasteiger partial charge in [-0.2, -0.15) is 0 Å². The molecule has 88 valence electrons. The van der Waals surface area contributed by atoms with Crippen LogP contribution in [0.3, 0.4) is 0 Å². The molecule has 1 aliphatic carbocycles. The second kappa shape index (κ2) is 3.36. The van der Waals surface area contributed by atoms with E-state index in [1.807, 2.05) is 19.1 Å². The lowest BCUT2D eigenvalue weighted by atomic mass is 10.1. The average Bonchev–Trinajstić information content (AvgIpc) is 3.04. The Labute approximate surface area is 99.7 Å². The molecule has 0 aliphatic heterocycles. The number of carbonyl (C=O) groups excluding carboxylic acids is 1. The Morgan fingerprint density at radius 1 is 1.41 bits per heavy atom. The number of aromatic nitrogens is 1. The molecule has 3 heteroatoms. The number of nitrogens with zero attached hydrogens (tertiary/aromatic N) is 1. The van der Waals surface area contributed by atoms with Gasteiger partial charge in [0.1, 0.15) is 5.75 Å². The van der Waals surface area contributed by atoms with Crippen molar-refractivity contribution in [1.29, 1.82) is 0 Å². The number of aromatic hydroxyl groups is 1. The first-order valence-corrected chi connectivity index (χ1v) is 5.94. The lowest BCUT2D eigenvalue weighted by molar-refractivity contribution is 0.100. The summed E-state index contributed by atoms with van der Waals surface area (Å²) < 4.78 is 2.10. The zero-order chi connectivity index (χ0) is 12.2. The molecule has 1 aliphatic rings. The number of fused-ring (bicyclic) bond motifs is 1. The van der Waals surface area contributed by atoms with Crippen LogP contribution in [-0.4, -0.2) is 15.5 Å². The molecule has 0 radical (unpaired) electrons. The van der Waals surface area contributed by atoms with E-state index >= 15 is 0 Å². The second-order valence-corrected chi connectivity index (χ2v) is 4.80. The number of aryl methyl sites for hydroxylation is 1. The van der Waals surface area contributed by atoms with Crippen molar-refractivity contribution in [3.63, 3.8) is 0 Å². The molecule has 1 heterocycles. The average molecular weight is 229 g/mol. The first-order chi connectivity index (χ1) is 8.11. The van der Waals surface area contributed by atoms with Crippen LogP contribution in [-0.2, 0) is 0 Å². The summed E-state index contributed by atoms with van der Waals surface area (Å²) in [5.41, 5.74) is 2.64. The number of rotatable bonds is 2. The van der Waals surface area contributed by atoms with Gasteiger partial charge in [0.2, 0.25) is 0 Å². The van der Waals surface area contributed by atoms with E-state index in [2.05, 4.69) is 4.57 Å². The monoisotopic (exact) mass is 229 g/mol. The first-order valence-electron chi connectivity index (χ1n) is 5.94. The maximum Gasteiger partial charge on any atom is 0.176 e. The highest BCUT2D eigenvalue weighted by atomic mass is 16.3. The molecule has 1 aromatic carbocycles. The zero-order valence-electron chi connectivity index (χ0n) is 10.0. The summed E-state index contributed by atoms with van der Waals surface area (Å²) in [4.78, 5) is 11.8. The molecule has 0 atom stereocenters. The summed E-state index contributed by atoms with van der Waals surface area (Å²) in [5, 5.41) is 10.8. The Hall–Kier alpha value is -1.77. The lowest BCUT2D eigenvalue weighted by Gasteiger charge is -2.07. The van der Waals surface area contributed by atoms with E-state index in [4.69, 9.17) is 0 Å². The summed E-state index contributed by atoms with van der Waals surface area (Å²) >= 11 is 0. The third-order valence-corrected chi connectivity index (χ3v) is 3.50. The predicted octanol–water partition coefficient (Wildman–Crippen LogP) is 3.19. The Balaban J connectivity index is 2.45. The second-order valence-electron chi connectivity index (χ2n) is 4.80. The van der Waals surface area contributed by atoms with Crippen LogP contribution in [0.5, 0.6) is 5.75 Å². The van der Waals surface area contributed by atoms with Gasteiger partial charge >= 0.3 is 0 Å². The van der Waals surface area contributed by atoms with Gasteiger partial charge in [-0.15, -0.1) is 0 Å². The van der Waals surface area contributed by atoms with Gasteiger partial charge in [0.15, 0.2) is 5.78 Å². The minimum atomic E-state index is 0.0741. The number of phenolic OH excluding ortho intramolecular Hbond substituents is 1. The van der Waals surface area contributed by atoms with E-state index in [1.54, 1.807) is 13.0 Å². The fourth-order valence-corrected chi connectivity index (χ4v) is 2.68. The first kappa shape index (κ1) is 10.4. The Morgan fingerprint density at radius 2 is 2.12 bits per heavy atom. The van der Waals surface area contributed by atoms with E-state index in [0.29, 0.717) is 6.04 Å². The van der Waals surface area contributed by atoms with Crippen molar-refractivity contribution < 1.29 is 9.90 Å². The number of hydrogen-bond acceptors (Lipinski definition) is 2. The molecule has 0 bridgehead atoms. The molecule has 2 aromatic rings. The molecule has 0 saturated heterocycles. The maximum absolute atomic E-state index is 11.8. The minimum Gasteiger partial charge on any atom is -0.507 e.